The van der Waals surface area contributed by atoms with Crippen LogP contribution in [0.1, 0.15) is 19.8 Å². The van der Waals surface area contributed by atoms with Gasteiger partial charge in [0.05, 0.1) is 31.2 Å². The van der Waals surface area contributed by atoms with Crippen LogP contribution in [0.3, 0.4) is 0 Å². The van der Waals surface area contributed by atoms with Crippen molar-refractivity contribution in [1.29, 1.82) is 0 Å². The number of fused-ring (bicyclic) bond motifs is 1. The predicted molar refractivity (Wildman–Crippen MR) is 128 cm³/mol. The van der Waals surface area contributed by atoms with Crippen molar-refractivity contribution in [1.82, 2.24) is 4.90 Å². The minimum atomic E-state index is -1.14. The predicted octanol–water partition coefficient (Wildman–Crippen LogP) is 2.03. The number of anilines is 2. The van der Waals surface area contributed by atoms with E-state index in [0.717, 1.165) is 0 Å². The number of ether oxygens (including phenoxy) is 2. The van der Waals surface area contributed by atoms with Crippen molar-refractivity contribution < 1.29 is 29.0 Å². The molecule has 2 aromatic carbocycles. The fraction of sp³-hybridized carbons (Fsp3) is 0.423. The summed E-state index contributed by atoms with van der Waals surface area (Å²) in [5, 5.41) is 15.5. The van der Waals surface area contributed by atoms with Gasteiger partial charge in [0, 0.05) is 17.9 Å². The summed E-state index contributed by atoms with van der Waals surface area (Å²) >= 11 is 0. The van der Waals surface area contributed by atoms with Gasteiger partial charge in [-0.05, 0) is 56.2 Å². The molecule has 3 aliphatic rings. The molecule has 3 saturated heterocycles. The average Bonchev–Trinajstić information content (AvgIpc) is 3.41. The number of hydrogen-bond donors (Lipinski definition) is 3. The zero-order chi connectivity index (χ0) is 24.8. The summed E-state index contributed by atoms with van der Waals surface area (Å²) in [6.45, 7) is 1.52. The van der Waals surface area contributed by atoms with E-state index in [2.05, 4.69) is 10.6 Å². The van der Waals surface area contributed by atoms with Crippen molar-refractivity contribution in [3.8, 4) is 5.75 Å². The number of aliphatic hydroxyl groups is 1. The van der Waals surface area contributed by atoms with E-state index in [4.69, 9.17) is 9.47 Å². The number of aliphatic hydroxyl groups excluding tert-OH is 1. The number of amides is 3. The number of rotatable bonds is 7. The largest absolute Gasteiger partial charge is 0.497 e. The lowest BCUT2D eigenvalue weighted by atomic mass is 9.66. The molecule has 5 atom stereocenters. The van der Waals surface area contributed by atoms with Gasteiger partial charge in [-0.2, -0.15) is 0 Å². The maximum absolute atomic E-state index is 13.7. The molecular weight excluding hydrogens is 450 g/mol. The highest BCUT2D eigenvalue weighted by Gasteiger charge is 2.77. The Kier molecular flexibility index (Phi) is 5.77. The molecule has 5 rings (SSSR count). The molecule has 0 saturated carbocycles. The van der Waals surface area contributed by atoms with Crippen LogP contribution < -0.4 is 15.4 Å². The highest BCUT2D eigenvalue weighted by molar-refractivity contribution is 6.05. The second-order valence-electron chi connectivity index (χ2n) is 9.56. The Balaban J connectivity index is 1.47. The molecule has 0 radical (unpaired) electrons. The lowest BCUT2D eigenvalue weighted by Crippen LogP contribution is -2.53. The van der Waals surface area contributed by atoms with Gasteiger partial charge >= 0.3 is 0 Å². The molecule has 9 nitrogen and oxygen atoms in total. The van der Waals surface area contributed by atoms with Gasteiger partial charge in [-0.15, -0.1) is 0 Å². The molecule has 3 heterocycles. The molecule has 1 spiro atoms. The van der Waals surface area contributed by atoms with Crippen molar-refractivity contribution in [3.63, 3.8) is 0 Å². The molecule has 2 aromatic rings. The average molecular weight is 480 g/mol. The van der Waals surface area contributed by atoms with Crippen LogP contribution in [0.2, 0.25) is 0 Å². The molecule has 2 bridgehead atoms. The van der Waals surface area contributed by atoms with Gasteiger partial charge in [-0.1, -0.05) is 18.2 Å². The van der Waals surface area contributed by atoms with Crippen LogP contribution in [0, 0.1) is 11.8 Å². The van der Waals surface area contributed by atoms with Gasteiger partial charge < -0.3 is 30.1 Å². The third-order valence-electron chi connectivity index (χ3n) is 7.55. The van der Waals surface area contributed by atoms with E-state index in [1.54, 1.807) is 43.5 Å². The summed E-state index contributed by atoms with van der Waals surface area (Å²) in [4.78, 5) is 42.1. The number of nitrogens with one attached hydrogen (secondary N) is 2. The highest BCUT2D eigenvalue weighted by Crippen LogP contribution is 2.63. The van der Waals surface area contributed by atoms with Gasteiger partial charge in [-0.3, -0.25) is 14.4 Å². The smallest absolute Gasteiger partial charge is 0.250 e. The molecule has 3 amide bonds. The number of likely N-dealkylation sites (tertiary alicyclic amines) is 1. The molecule has 3 aliphatic heterocycles. The van der Waals surface area contributed by atoms with Crippen LogP contribution in [0.15, 0.2) is 54.6 Å². The van der Waals surface area contributed by atoms with Crippen molar-refractivity contribution >= 4 is 29.1 Å². The minimum absolute atomic E-state index is 0.0229. The van der Waals surface area contributed by atoms with E-state index in [-0.39, 0.29) is 25.0 Å². The summed E-state index contributed by atoms with van der Waals surface area (Å²) in [6.07, 6.45) is 1.01. The first-order chi connectivity index (χ1) is 16.8. The third-order valence-corrected chi connectivity index (χ3v) is 7.55. The molecule has 3 N–H and O–H groups in total. The summed E-state index contributed by atoms with van der Waals surface area (Å²) in [7, 11) is 1.56. The normalized spacial score (nSPS) is 30.8. The SMILES string of the molecule is COc1ccc(NC(=O)C2N(CCO)C(=O)[C@@H]3[C@H](C(=O)Nc4ccccc4)[C@]4(C)CCC23O4)cc1. The number of carbonyl (C=O) groups is 3. The summed E-state index contributed by atoms with van der Waals surface area (Å²) < 4.78 is 11.7. The molecule has 0 aromatic heterocycles. The van der Waals surface area contributed by atoms with Gasteiger partial charge in [0.25, 0.3) is 0 Å². The quantitative estimate of drug-likeness (QED) is 0.560. The number of hydrogen-bond acceptors (Lipinski definition) is 6. The fourth-order valence-corrected chi connectivity index (χ4v) is 6.10. The molecule has 184 valence electrons. The molecule has 2 unspecified atom stereocenters. The number of nitrogens with zero attached hydrogens (tertiary/aromatic N) is 1. The van der Waals surface area contributed by atoms with Gasteiger partial charge in [-0.25, -0.2) is 0 Å². The molecular formula is C26H29N3O6. The van der Waals surface area contributed by atoms with Crippen LogP contribution in [0.4, 0.5) is 11.4 Å². The van der Waals surface area contributed by atoms with Crippen LogP contribution in [-0.2, 0) is 19.1 Å². The maximum atomic E-state index is 13.7. The molecule has 0 aliphatic carbocycles. The summed E-state index contributed by atoms with van der Waals surface area (Å²) in [6, 6.07) is 15.0. The first kappa shape index (κ1) is 23.3. The van der Waals surface area contributed by atoms with Gasteiger partial charge in [0.2, 0.25) is 17.7 Å². The Hall–Kier alpha value is -3.43. The van der Waals surface area contributed by atoms with Gasteiger partial charge in [0.15, 0.2) is 0 Å². The van der Waals surface area contributed by atoms with Crippen LogP contribution >= 0.6 is 0 Å². The van der Waals surface area contributed by atoms with Crippen LogP contribution in [-0.4, -0.2) is 65.2 Å². The van der Waals surface area contributed by atoms with Gasteiger partial charge in [0.1, 0.15) is 17.4 Å². The first-order valence-electron chi connectivity index (χ1n) is 11.8. The monoisotopic (exact) mass is 479 g/mol. The number of benzene rings is 2. The van der Waals surface area contributed by atoms with E-state index in [9.17, 15) is 19.5 Å². The number of carbonyl (C=O) groups excluding carboxylic acids is 3. The minimum Gasteiger partial charge on any atom is -0.497 e. The van der Waals surface area contributed by atoms with E-state index in [1.807, 2.05) is 25.1 Å². The molecule has 9 heteroatoms. The summed E-state index contributed by atoms with van der Waals surface area (Å²) in [5.74, 6) is -1.98. The Bertz CT molecular complexity index is 1140. The van der Waals surface area contributed by atoms with Crippen LogP contribution in [0.25, 0.3) is 0 Å². The van der Waals surface area contributed by atoms with Crippen LogP contribution in [0.5, 0.6) is 5.75 Å². The molecule has 3 fully saturated rings. The molecule has 35 heavy (non-hydrogen) atoms. The van der Waals surface area contributed by atoms with Crippen molar-refractivity contribution in [3.05, 3.63) is 54.6 Å². The zero-order valence-corrected chi connectivity index (χ0v) is 19.7. The standard InChI is InChI=1S/C26H29N3O6/c1-25-12-13-26(35-25)20(19(25)22(31)27-16-6-4-3-5-7-16)24(33)29(14-15-30)21(26)23(32)28-17-8-10-18(34-2)11-9-17/h3-11,19-21,30H,12-15H2,1-2H3,(H,27,31)(H,28,32)/t19-,20+,21?,25+,26?/m1/s1. The van der Waals surface area contributed by atoms with E-state index in [1.165, 1.54) is 4.90 Å². The van der Waals surface area contributed by atoms with E-state index < -0.39 is 35.0 Å². The van der Waals surface area contributed by atoms with E-state index in [0.29, 0.717) is 30.0 Å². The van der Waals surface area contributed by atoms with Crippen molar-refractivity contribution in [2.24, 2.45) is 11.8 Å². The number of para-hydroxylation sites is 1. The maximum Gasteiger partial charge on any atom is 0.250 e. The Labute approximate surface area is 203 Å². The lowest BCUT2D eigenvalue weighted by molar-refractivity contribution is -0.143. The zero-order valence-electron chi connectivity index (χ0n) is 19.7. The fourth-order valence-electron chi connectivity index (χ4n) is 6.10. The lowest BCUT2D eigenvalue weighted by Gasteiger charge is -2.33. The van der Waals surface area contributed by atoms with Crippen molar-refractivity contribution in [2.45, 2.75) is 37.0 Å². The first-order valence-corrected chi connectivity index (χ1v) is 11.8. The second kappa shape index (κ2) is 8.66. The number of β-amino-alcohol motifs (C(OH)–C–C–N with tert-alkyl or cyclic N) is 1. The Morgan fingerprint density at radius 3 is 2.37 bits per heavy atom. The second-order valence-corrected chi connectivity index (χ2v) is 9.56. The third kappa shape index (κ3) is 3.66. The summed E-state index contributed by atoms with van der Waals surface area (Å²) in [5.41, 5.74) is -0.840. The van der Waals surface area contributed by atoms with Crippen molar-refractivity contribution in [2.75, 3.05) is 30.9 Å². The topological polar surface area (TPSA) is 117 Å². The Morgan fingerprint density at radius 1 is 1.06 bits per heavy atom. The Morgan fingerprint density at radius 2 is 1.71 bits per heavy atom. The highest BCUT2D eigenvalue weighted by atomic mass is 16.5. The van der Waals surface area contributed by atoms with E-state index >= 15 is 0 Å². The number of methoxy groups -OCH3 is 1.